The average molecular weight is 312 g/mol. The Morgan fingerprint density at radius 3 is 3.13 bits per heavy atom. The summed E-state index contributed by atoms with van der Waals surface area (Å²) in [6, 6.07) is 8.88. The van der Waals surface area contributed by atoms with E-state index in [2.05, 4.69) is 27.0 Å². The van der Waals surface area contributed by atoms with Crippen LogP contribution in [0.4, 0.5) is 10.5 Å². The molecule has 1 aromatic heterocycles. The minimum absolute atomic E-state index is 0.0390. The molecule has 2 aliphatic heterocycles. The van der Waals surface area contributed by atoms with Crippen molar-refractivity contribution in [3.05, 3.63) is 30.5 Å². The smallest absolute Gasteiger partial charge is 0.322 e. The summed E-state index contributed by atoms with van der Waals surface area (Å²) in [6.07, 6.45) is 5.39. The molecular formula is C18H24N4O. The molecule has 2 saturated heterocycles. The van der Waals surface area contributed by atoms with Crippen LogP contribution in [0.15, 0.2) is 30.5 Å². The van der Waals surface area contributed by atoms with Crippen LogP contribution in [0, 0.1) is 0 Å². The van der Waals surface area contributed by atoms with Crippen LogP contribution in [0.1, 0.15) is 26.2 Å². The number of nitrogens with one attached hydrogen (secondary N) is 2. The largest absolute Gasteiger partial charge is 0.361 e. The minimum atomic E-state index is 0.0390. The summed E-state index contributed by atoms with van der Waals surface area (Å²) in [7, 11) is 0. The molecule has 122 valence electrons. The first-order valence-electron chi connectivity index (χ1n) is 8.64. The topological polar surface area (TPSA) is 51.4 Å². The lowest BCUT2D eigenvalue weighted by molar-refractivity contribution is 0.0767. The molecule has 2 amide bonds. The van der Waals surface area contributed by atoms with E-state index in [0.717, 1.165) is 36.1 Å². The van der Waals surface area contributed by atoms with Crippen molar-refractivity contribution in [3.63, 3.8) is 0 Å². The number of fused-ring (bicyclic) bond motifs is 2. The number of hydrogen-bond donors (Lipinski definition) is 2. The molecule has 0 bridgehead atoms. The summed E-state index contributed by atoms with van der Waals surface area (Å²) in [5.74, 6) is 0. The number of carbonyl (C=O) groups is 1. The lowest BCUT2D eigenvalue weighted by atomic mass is 10.1. The lowest BCUT2D eigenvalue weighted by Gasteiger charge is -2.43. The molecule has 4 rings (SSSR count). The van der Waals surface area contributed by atoms with Crippen molar-refractivity contribution in [3.8, 4) is 0 Å². The minimum Gasteiger partial charge on any atom is -0.361 e. The number of aromatic nitrogens is 1. The van der Waals surface area contributed by atoms with Crippen molar-refractivity contribution < 1.29 is 4.79 Å². The molecule has 0 radical (unpaired) electrons. The van der Waals surface area contributed by atoms with E-state index in [1.165, 1.54) is 19.4 Å². The Bertz CT molecular complexity index is 710. The van der Waals surface area contributed by atoms with Gasteiger partial charge in [-0.15, -0.1) is 0 Å². The quantitative estimate of drug-likeness (QED) is 0.894. The van der Waals surface area contributed by atoms with Crippen molar-refractivity contribution >= 4 is 22.6 Å². The molecule has 0 saturated carbocycles. The van der Waals surface area contributed by atoms with Gasteiger partial charge in [0.15, 0.2) is 0 Å². The standard InChI is InChI=1S/C18H24N4O/c1-2-13-11-21-10-4-5-14(21)12-22(13)18(23)20-17-7-3-6-16-15(17)8-9-19-16/h3,6-9,13-14,19H,2,4-5,10-12H2,1H3,(H,20,23)/t13-,14+/m0/s1. The van der Waals surface area contributed by atoms with Crippen LogP contribution in [0.2, 0.25) is 0 Å². The fraction of sp³-hybridized carbons (Fsp3) is 0.500. The molecule has 5 heteroatoms. The number of amides is 2. The van der Waals surface area contributed by atoms with E-state index in [4.69, 9.17) is 0 Å². The van der Waals surface area contributed by atoms with E-state index >= 15 is 0 Å². The van der Waals surface area contributed by atoms with Crippen LogP contribution in [0.25, 0.3) is 10.9 Å². The molecule has 23 heavy (non-hydrogen) atoms. The lowest BCUT2D eigenvalue weighted by Crippen LogP contribution is -2.58. The van der Waals surface area contributed by atoms with Crippen molar-refractivity contribution in [2.75, 3.05) is 25.0 Å². The molecule has 0 spiro atoms. The van der Waals surface area contributed by atoms with Crippen LogP contribution in [-0.4, -0.2) is 52.5 Å². The molecule has 2 aromatic rings. The zero-order valence-electron chi connectivity index (χ0n) is 13.6. The number of rotatable bonds is 2. The number of anilines is 1. The number of piperazine rings is 1. The summed E-state index contributed by atoms with van der Waals surface area (Å²) in [5.41, 5.74) is 1.94. The van der Waals surface area contributed by atoms with Gasteiger partial charge in [-0.3, -0.25) is 4.90 Å². The molecule has 5 nitrogen and oxygen atoms in total. The second-order valence-electron chi connectivity index (χ2n) is 6.68. The number of aromatic amines is 1. The highest BCUT2D eigenvalue weighted by Gasteiger charge is 2.37. The first-order valence-corrected chi connectivity index (χ1v) is 8.64. The third-order valence-corrected chi connectivity index (χ3v) is 5.36. The van der Waals surface area contributed by atoms with Crippen molar-refractivity contribution in [1.82, 2.24) is 14.8 Å². The highest BCUT2D eigenvalue weighted by Crippen LogP contribution is 2.27. The maximum absolute atomic E-state index is 12.9. The van der Waals surface area contributed by atoms with Gasteiger partial charge in [0.05, 0.1) is 5.69 Å². The van der Waals surface area contributed by atoms with Gasteiger partial charge in [0, 0.05) is 42.3 Å². The van der Waals surface area contributed by atoms with E-state index < -0.39 is 0 Å². The average Bonchev–Trinajstić information content (AvgIpc) is 3.22. The molecule has 2 N–H and O–H groups in total. The Kier molecular flexibility index (Phi) is 3.73. The number of benzene rings is 1. The van der Waals surface area contributed by atoms with Gasteiger partial charge in [-0.2, -0.15) is 0 Å². The van der Waals surface area contributed by atoms with Crippen LogP contribution in [0.5, 0.6) is 0 Å². The van der Waals surface area contributed by atoms with E-state index in [0.29, 0.717) is 12.1 Å². The van der Waals surface area contributed by atoms with Gasteiger partial charge in [-0.05, 0) is 44.0 Å². The number of carbonyl (C=O) groups excluding carboxylic acids is 1. The van der Waals surface area contributed by atoms with E-state index in [1.54, 1.807) is 0 Å². The van der Waals surface area contributed by atoms with Gasteiger partial charge in [0.1, 0.15) is 0 Å². The third-order valence-electron chi connectivity index (χ3n) is 5.36. The van der Waals surface area contributed by atoms with Crippen LogP contribution >= 0.6 is 0 Å². The summed E-state index contributed by atoms with van der Waals surface area (Å²) in [4.78, 5) is 20.7. The zero-order chi connectivity index (χ0) is 15.8. The Hall–Kier alpha value is -2.01. The molecule has 3 heterocycles. The summed E-state index contributed by atoms with van der Waals surface area (Å²) < 4.78 is 0. The second kappa shape index (κ2) is 5.89. The molecule has 2 fully saturated rings. The number of hydrogen-bond acceptors (Lipinski definition) is 2. The normalized spacial score (nSPS) is 24.8. The highest BCUT2D eigenvalue weighted by atomic mass is 16.2. The number of H-pyrrole nitrogens is 1. The number of nitrogens with zero attached hydrogens (tertiary/aromatic N) is 2. The van der Waals surface area contributed by atoms with Gasteiger partial charge in [0.25, 0.3) is 0 Å². The van der Waals surface area contributed by atoms with Crippen molar-refractivity contribution in [2.24, 2.45) is 0 Å². The predicted molar refractivity (Wildman–Crippen MR) is 92.7 cm³/mol. The Labute approximate surface area is 136 Å². The fourth-order valence-electron chi connectivity index (χ4n) is 4.07. The van der Waals surface area contributed by atoms with Crippen LogP contribution in [0.3, 0.4) is 0 Å². The first-order chi connectivity index (χ1) is 11.3. The Morgan fingerprint density at radius 2 is 2.26 bits per heavy atom. The van der Waals surface area contributed by atoms with Gasteiger partial charge >= 0.3 is 6.03 Å². The highest BCUT2D eigenvalue weighted by molar-refractivity contribution is 6.00. The summed E-state index contributed by atoms with van der Waals surface area (Å²) in [5, 5.41) is 4.20. The number of urea groups is 1. The zero-order valence-corrected chi connectivity index (χ0v) is 13.6. The summed E-state index contributed by atoms with van der Waals surface area (Å²) in [6.45, 7) is 5.24. The molecular weight excluding hydrogens is 288 g/mol. The second-order valence-corrected chi connectivity index (χ2v) is 6.68. The maximum Gasteiger partial charge on any atom is 0.322 e. The molecule has 0 unspecified atom stereocenters. The predicted octanol–water partition coefficient (Wildman–Crippen LogP) is 3.26. The third kappa shape index (κ3) is 2.59. The van der Waals surface area contributed by atoms with Crippen LogP contribution < -0.4 is 5.32 Å². The SMILES string of the molecule is CC[C@H]1CN2CCC[C@@H]2CN1C(=O)Nc1cccc2[nH]ccc12. The van der Waals surface area contributed by atoms with Gasteiger partial charge < -0.3 is 15.2 Å². The van der Waals surface area contributed by atoms with Crippen LogP contribution in [-0.2, 0) is 0 Å². The Balaban J connectivity index is 1.54. The van der Waals surface area contributed by atoms with Crippen molar-refractivity contribution in [1.29, 1.82) is 0 Å². The molecule has 2 aliphatic rings. The first kappa shape index (κ1) is 14.6. The maximum atomic E-state index is 12.9. The summed E-state index contributed by atoms with van der Waals surface area (Å²) >= 11 is 0. The van der Waals surface area contributed by atoms with E-state index in [-0.39, 0.29) is 6.03 Å². The van der Waals surface area contributed by atoms with E-state index in [1.807, 2.05) is 30.5 Å². The monoisotopic (exact) mass is 312 g/mol. The molecule has 2 atom stereocenters. The molecule has 0 aliphatic carbocycles. The molecule has 1 aromatic carbocycles. The van der Waals surface area contributed by atoms with Gasteiger partial charge in [-0.25, -0.2) is 4.79 Å². The Morgan fingerprint density at radius 1 is 1.35 bits per heavy atom. The fourth-order valence-corrected chi connectivity index (χ4v) is 4.07. The van der Waals surface area contributed by atoms with Gasteiger partial charge in [-0.1, -0.05) is 13.0 Å². The van der Waals surface area contributed by atoms with Gasteiger partial charge in [0.2, 0.25) is 0 Å². The van der Waals surface area contributed by atoms with Crippen molar-refractivity contribution in [2.45, 2.75) is 38.3 Å². The van der Waals surface area contributed by atoms with E-state index in [9.17, 15) is 4.79 Å².